The minimum absolute atomic E-state index is 0.198. The maximum Gasteiger partial charge on any atom is 0.220 e. The van der Waals surface area contributed by atoms with Gasteiger partial charge >= 0.3 is 0 Å². The average molecular weight is 1190 g/mol. The van der Waals surface area contributed by atoms with E-state index in [2.05, 4.69) is 19.2 Å². The van der Waals surface area contributed by atoms with Crippen molar-refractivity contribution in [1.29, 1.82) is 0 Å². The summed E-state index contributed by atoms with van der Waals surface area (Å²) in [5, 5.41) is 87.5. The highest BCUT2D eigenvalue weighted by Crippen LogP contribution is 2.30. The summed E-state index contributed by atoms with van der Waals surface area (Å²) in [5.74, 6) is -0.198. The van der Waals surface area contributed by atoms with Gasteiger partial charge in [-0.05, 0) is 12.8 Å². The molecule has 2 heterocycles. The van der Waals surface area contributed by atoms with Gasteiger partial charge in [0.2, 0.25) is 5.91 Å². The number of unbranched alkanes of at least 4 members (excludes halogenated alkanes) is 47. The van der Waals surface area contributed by atoms with Gasteiger partial charge in [0.15, 0.2) is 12.6 Å². The van der Waals surface area contributed by atoms with Crippen molar-refractivity contribution < 1.29 is 64.6 Å². The van der Waals surface area contributed by atoms with Crippen LogP contribution in [0.25, 0.3) is 0 Å². The number of carbonyl (C=O) groups is 1. The van der Waals surface area contributed by atoms with Crippen LogP contribution in [0.15, 0.2) is 0 Å². The van der Waals surface area contributed by atoms with E-state index in [0.717, 1.165) is 51.4 Å². The molecule has 0 bridgehead atoms. The van der Waals surface area contributed by atoms with Gasteiger partial charge in [-0.25, -0.2) is 0 Å². The highest BCUT2D eigenvalue weighted by atomic mass is 16.7. The first-order chi connectivity index (χ1) is 40.6. The van der Waals surface area contributed by atoms with Gasteiger partial charge < -0.3 is 65.1 Å². The van der Waals surface area contributed by atoms with Crippen molar-refractivity contribution in [3.63, 3.8) is 0 Å². The van der Waals surface area contributed by atoms with Gasteiger partial charge in [0, 0.05) is 6.42 Å². The van der Waals surface area contributed by atoms with Crippen molar-refractivity contribution in [3.05, 3.63) is 0 Å². The molecule has 9 N–H and O–H groups in total. The van der Waals surface area contributed by atoms with Crippen molar-refractivity contribution in [2.75, 3.05) is 19.8 Å². The molecule has 2 saturated heterocycles. The van der Waals surface area contributed by atoms with Crippen LogP contribution in [0.4, 0.5) is 0 Å². The molecule has 14 heteroatoms. The Bertz CT molecular complexity index is 1400. The molecule has 1 amide bonds. The number of aliphatic hydroxyl groups excluding tert-OH is 8. The summed E-state index contributed by atoms with van der Waals surface area (Å²) in [7, 11) is 0. The average Bonchev–Trinajstić information content (AvgIpc) is 3.65. The lowest BCUT2D eigenvalue weighted by Gasteiger charge is -2.46. The zero-order valence-corrected chi connectivity index (χ0v) is 53.7. The van der Waals surface area contributed by atoms with E-state index in [1.807, 2.05) is 0 Å². The Kier molecular flexibility index (Phi) is 51.8. The first-order valence-corrected chi connectivity index (χ1v) is 35.8. The molecule has 2 rings (SSSR count). The maximum atomic E-state index is 13.3. The van der Waals surface area contributed by atoms with Crippen molar-refractivity contribution >= 4 is 5.91 Å². The van der Waals surface area contributed by atoms with E-state index in [0.29, 0.717) is 12.8 Å². The van der Waals surface area contributed by atoms with Crippen molar-refractivity contribution in [1.82, 2.24) is 5.32 Å². The normalized spacial score (nSPS) is 23.7. The molecule has 83 heavy (non-hydrogen) atoms. The predicted octanol–water partition coefficient (Wildman–Crippen LogP) is 14.4. The number of nitrogens with one attached hydrogen (secondary N) is 1. The fraction of sp³-hybridized carbons (Fsp3) is 0.986. The highest BCUT2D eigenvalue weighted by molar-refractivity contribution is 5.76. The van der Waals surface area contributed by atoms with Crippen LogP contribution in [-0.4, -0.2) is 140 Å². The Morgan fingerprint density at radius 3 is 1.02 bits per heavy atom. The second kappa shape index (κ2) is 55.1. The van der Waals surface area contributed by atoms with Crippen molar-refractivity contribution in [3.8, 4) is 0 Å². The second-order valence-electron chi connectivity index (χ2n) is 25.7. The zero-order chi connectivity index (χ0) is 60.2. The van der Waals surface area contributed by atoms with E-state index < -0.39 is 86.8 Å². The second-order valence-corrected chi connectivity index (χ2v) is 25.7. The van der Waals surface area contributed by atoms with Crippen LogP contribution < -0.4 is 5.32 Å². The summed E-state index contributed by atoms with van der Waals surface area (Å²) in [6.45, 7) is 2.92. The molecule has 12 unspecified atom stereocenters. The molecule has 0 saturated carbocycles. The zero-order valence-electron chi connectivity index (χ0n) is 53.7. The molecule has 2 aliphatic heterocycles. The molecule has 0 radical (unpaired) electrons. The monoisotopic (exact) mass is 1190 g/mol. The summed E-state index contributed by atoms with van der Waals surface area (Å²) >= 11 is 0. The van der Waals surface area contributed by atoms with Gasteiger partial charge in [-0.1, -0.05) is 322 Å². The summed E-state index contributed by atoms with van der Waals surface area (Å²) < 4.78 is 22.9. The lowest BCUT2D eigenvalue weighted by atomic mass is 9.97. The van der Waals surface area contributed by atoms with Gasteiger partial charge in [-0.3, -0.25) is 4.79 Å². The van der Waals surface area contributed by atoms with Gasteiger partial charge in [0.1, 0.15) is 48.8 Å². The fourth-order valence-electron chi connectivity index (χ4n) is 12.4. The van der Waals surface area contributed by atoms with Crippen LogP contribution in [0.2, 0.25) is 0 Å². The third kappa shape index (κ3) is 39.6. The largest absolute Gasteiger partial charge is 0.394 e. The molecule has 494 valence electrons. The van der Waals surface area contributed by atoms with Crippen LogP contribution in [0.1, 0.15) is 341 Å². The number of rotatable bonds is 60. The Labute approximate surface area is 508 Å². The molecule has 14 nitrogen and oxygen atoms in total. The van der Waals surface area contributed by atoms with E-state index in [4.69, 9.17) is 18.9 Å². The quantitative estimate of drug-likeness (QED) is 0.0259. The van der Waals surface area contributed by atoms with Gasteiger partial charge in [0.25, 0.3) is 0 Å². The van der Waals surface area contributed by atoms with Crippen molar-refractivity contribution in [2.24, 2.45) is 0 Å². The Balaban J connectivity index is 1.58. The van der Waals surface area contributed by atoms with E-state index in [-0.39, 0.29) is 12.5 Å². The van der Waals surface area contributed by atoms with Crippen LogP contribution in [0.3, 0.4) is 0 Å². The summed E-state index contributed by atoms with van der Waals surface area (Å²) in [5.41, 5.74) is 0. The van der Waals surface area contributed by atoms with E-state index in [1.165, 1.54) is 263 Å². The topological polar surface area (TPSA) is 228 Å². The molecule has 0 spiro atoms. The first kappa shape index (κ1) is 78.1. The lowest BCUT2D eigenvalue weighted by Crippen LogP contribution is -2.65. The molecule has 2 fully saturated rings. The first-order valence-electron chi connectivity index (χ1n) is 35.8. The SMILES string of the molecule is CCCCCCCCCCCCCCCCCCCCCCCCCCCCCCCCCCCCC(=O)NC(COC1OC(CO)C(OC2OC(CO)C(O)C(O)C2O)C(O)C1O)C(O)CCCCCCCCCCCCCCCCC. The van der Waals surface area contributed by atoms with Gasteiger partial charge in [0.05, 0.1) is 32.0 Å². The van der Waals surface area contributed by atoms with Gasteiger partial charge in [-0.2, -0.15) is 0 Å². The summed E-state index contributed by atoms with van der Waals surface area (Å²) in [4.78, 5) is 13.3. The Hall–Kier alpha value is -1.01. The molecule has 0 aromatic heterocycles. The smallest absolute Gasteiger partial charge is 0.220 e. The summed E-state index contributed by atoms with van der Waals surface area (Å²) in [6.07, 6.45) is 48.6. The van der Waals surface area contributed by atoms with Crippen molar-refractivity contribution in [2.45, 2.75) is 415 Å². The standard InChI is InChI=1S/C69H135NO13/c1-3-5-7-9-11-13-15-17-19-20-21-22-23-24-25-26-27-28-29-30-31-32-33-34-35-36-37-39-41-43-45-47-49-51-53-61(74)70-57(58(73)52-50-48-46-44-42-40-38-18-16-14-12-10-8-6-4-2)56-80-68-66(79)64(77)67(60(55-72)82-68)83-69-65(78)63(76)62(75)59(54-71)81-69/h57-60,62-69,71-73,75-79H,3-56H2,1-2H3,(H,70,74). The third-order valence-corrected chi connectivity index (χ3v) is 18.1. The van der Waals surface area contributed by atoms with E-state index >= 15 is 0 Å². The molecule has 0 aromatic carbocycles. The molecular formula is C69H135NO13. The summed E-state index contributed by atoms with van der Waals surface area (Å²) in [6, 6.07) is -0.823. The number of aliphatic hydroxyl groups is 8. The number of carbonyl (C=O) groups excluding carboxylic acids is 1. The maximum absolute atomic E-state index is 13.3. The number of ether oxygens (including phenoxy) is 4. The van der Waals surface area contributed by atoms with Gasteiger partial charge in [-0.15, -0.1) is 0 Å². The number of hydrogen-bond donors (Lipinski definition) is 9. The number of amides is 1. The van der Waals surface area contributed by atoms with Crippen LogP contribution in [-0.2, 0) is 23.7 Å². The minimum atomic E-state index is -1.78. The minimum Gasteiger partial charge on any atom is -0.394 e. The predicted molar refractivity (Wildman–Crippen MR) is 337 cm³/mol. The lowest BCUT2D eigenvalue weighted by molar-refractivity contribution is -0.359. The molecule has 0 aliphatic carbocycles. The molecule has 2 aliphatic rings. The number of hydrogen-bond acceptors (Lipinski definition) is 13. The highest BCUT2D eigenvalue weighted by Gasteiger charge is 2.51. The molecular weight excluding hydrogens is 1050 g/mol. The Morgan fingerprint density at radius 2 is 0.687 bits per heavy atom. The van der Waals surface area contributed by atoms with E-state index in [1.54, 1.807) is 0 Å². The Morgan fingerprint density at radius 1 is 0.386 bits per heavy atom. The third-order valence-electron chi connectivity index (χ3n) is 18.1. The van der Waals surface area contributed by atoms with Crippen LogP contribution >= 0.6 is 0 Å². The van der Waals surface area contributed by atoms with E-state index in [9.17, 15) is 45.6 Å². The van der Waals surface area contributed by atoms with Crippen LogP contribution in [0, 0.1) is 0 Å². The fourth-order valence-corrected chi connectivity index (χ4v) is 12.4. The molecule has 0 aromatic rings. The van der Waals surface area contributed by atoms with Crippen LogP contribution in [0.5, 0.6) is 0 Å². The molecule has 12 atom stereocenters.